The zero-order chi connectivity index (χ0) is 23.6. The first-order chi connectivity index (χ1) is 16.0. The fourth-order valence-electron chi connectivity index (χ4n) is 3.33. The van der Waals surface area contributed by atoms with Crippen LogP contribution in [0.15, 0.2) is 60.3 Å². The Morgan fingerprint density at radius 1 is 1.15 bits per heavy atom. The van der Waals surface area contributed by atoms with Crippen molar-refractivity contribution in [3.8, 4) is 11.8 Å². The molecule has 8 nitrogen and oxygen atoms in total. The van der Waals surface area contributed by atoms with Crippen LogP contribution >= 0.6 is 0 Å². The summed E-state index contributed by atoms with van der Waals surface area (Å²) in [5.41, 5.74) is 2.01. The van der Waals surface area contributed by atoms with Crippen LogP contribution < -0.4 is 15.4 Å². The SMILES string of the molecule is CCOc1ccc(NC(=O)/C(C#N)=C/c2cn(CC(=O)NCCOC)c3ccccc23)cc1. The summed E-state index contributed by atoms with van der Waals surface area (Å²) in [6.07, 6.45) is 3.30. The molecule has 8 heteroatoms. The van der Waals surface area contributed by atoms with Gasteiger partial charge in [-0.15, -0.1) is 0 Å². The van der Waals surface area contributed by atoms with E-state index in [1.165, 1.54) is 6.08 Å². The predicted molar refractivity (Wildman–Crippen MR) is 127 cm³/mol. The molecule has 0 atom stereocenters. The Balaban J connectivity index is 1.81. The largest absolute Gasteiger partial charge is 0.494 e. The van der Waals surface area contributed by atoms with Gasteiger partial charge in [0.2, 0.25) is 5.91 Å². The van der Waals surface area contributed by atoms with Crippen molar-refractivity contribution in [2.45, 2.75) is 13.5 Å². The standard InChI is InChI=1S/C25H26N4O4/c1-3-33-21-10-8-20(9-11-21)28-25(31)18(15-26)14-19-16-29(17-24(30)27-12-13-32-2)23-7-5-4-6-22(19)23/h4-11,14,16H,3,12-13,17H2,1-2H3,(H,27,30)(H,28,31)/b18-14+. The van der Waals surface area contributed by atoms with E-state index in [2.05, 4.69) is 10.6 Å². The Morgan fingerprint density at radius 2 is 1.91 bits per heavy atom. The maximum absolute atomic E-state index is 12.7. The maximum atomic E-state index is 12.7. The third-order valence-corrected chi connectivity index (χ3v) is 4.85. The Kier molecular flexibility index (Phi) is 8.22. The molecule has 2 amide bonds. The second-order valence-corrected chi connectivity index (χ2v) is 7.15. The zero-order valence-corrected chi connectivity index (χ0v) is 18.6. The van der Waals surface area contributed by atoms with Gasteiger partial charge in [-0.25, -0.2) is 0 Å². The predicted octanol–water partition coefficient (Wildman–Crippen LogP) is 3.35. The lowest BCUT2D eigenvalue weighted by Crippen LogP contribution is -2.30. The monoisotopic (exact) mass is 446 g/mol. The minimum atomic E-state index is -0.518. The van der Waals surface area contributed by atoms with Gasteiger partial charge >= 0.3 is 0 Å². The van der Waals surface area contributed by atoms with Crippen molar-refractivity contribution in [3.05, 3.63) is 65.9 Å². The molecule has 0 radical (unpaired) electrons. The van der Waals surface area contributed by atoms with Gasteiger partial charge in [0.25, 0.3) is 5.91 Å². The number of nitrogens with zero attached hydrogens (tertiary/aromatic N) is 2. The van der Waals surface area contributed by atoms with Crippen molar-refractivity contribution in [1.82, 2.24) is 9.88 Å². The van der Waals surface area contributed by atoms with Gasteiger partial charge in [-0.2, -0.15) is 5.26 Å². The third-order valence-electron chi connectivity index (χ3n) is 4.85. The number of nitriles is 1. The average Bonchev–Trinajstić information content (AvgIpc) is 3.16. The number of para-hydroxylation sites is 1. The molecular weight excluding hydrogens is 420 g/mol. The molecule has 1 aromatic heterocycles. The minimum Gasteiger partial charge on any atom is -0.494 e. The number of anilines is 1. The summed E-state index contributed by atoms with van der Waals surface area (Å²) in [5, 5.41) is 16.0. The highest BCUT2D eigenvalue weighted by molar-refractivity contribution is 6.10. The molecular formula is C25H26N4O4. The highest BCUT2D eigenvalue weighted by Crippen LogP contribution is 2.24. The van der Waals surface area contributed by atoms with Gasteiger partial charge in [-0.1, -0.05) is 18.2 Å². The molecule has 0 fully saturated rings. The summed E-state index contributed by atoms with van der Waals surface area (Å²) in [5.74, 6) is 0.0264. The van der Waals surface area contributed by atoms with Crippen LogP contribution in [0, 0.1) is 11.3 Å². The number of methoxy groups -OCH3 is 1. The number of nitrogens with one attached hydrogen (secondary N) is 2. The van der Waals surface area contributed by atoms with Crippen LogP contribution in [-0.4, -0.2) is 43.2 Å². The molecule has 3 rings (SSSR count). The first-order valence-electron chi connectivity index (χ1n) is 10.5. The van der Waals surface area contributed by atoms with E-state index in [0.29, 0.717) is 36.8 Å². The number of rotatable bonds is 10. The molecule has 170 valence electrons. The summed E-state index contributed by atoms with van der Waals surface area (Å²) in [4.78, 5) is 25.0. The number of carbonyl (C=O) groups excluding carboxylic acids is 2. The van der Waals surface area contributed by atoms with Gasteiger partial charge in [0.1, 0.15) is 23.9 Å². The van der Waals surface area contributed by atoms with E-state index in [9.17, 15) is 14.9 Å². The molecule has 0 saturated carbocycles. The number of hydrogen-bond acceptors (Lipinski definition) is 5. The van der Waals surface area contributed by atoms with Gasteiger partial charge in [0, 0.05) is 42.0 Å². The zero-order valence-electron chi connectivity index (χ0n) is 18.6. The van der Waals surface area contributed by atoms with Crippen LogP contribution in [0.1, 0.15) is 12.5 Å². The fraction of sp³-hybridized carbons (Fsp3) is 0.240. The molecule has 2 N–H and O–H groups in total. The molecule has 0 spiro atoms. The van der Waals surface area contributed by atoms with E-state index in [1.54, 1.807) is 42.1 Å². The summed E-state index contributed by atoms with van der Waals surface area (Å²) < 4.78 is 12.1. The van der Waals surface area contributed by atoms with E-state index in [4.69, 9.17) is 9.47 Å². The third kappa shape index (κ3) is 6.21. The van der Waals surface area contributed by atoms with E-state index in [0.717, 1.165) is 10.9 Å². The highest BCUT2D eigenvalue weighted by atomic mass is 16.5. The number of benzene rings is 2. The minimum absolute atomic E-state index is 0.0451. The Morgan fingerprint density at radius 3 is 2.61 bits per heavy atom. The van der Waals surface area contributed by atoms with Crippen LogP contribution in [0.3, 0.4) is 0 Å². The highest BCUT2D eigenvalue weighted by Gasteiger charge is 2.14. The number of hydrogen-bond donors (Lipinski definition) is 2. The Labute approximate surface area is 192 Å². The van der Waals surface area contributed by atoms with Crippen molar-refractivity contribution < 1.29 is 19.1 Å². The van der Waals surface area contributed by atoms with Crippen molar-refractivity contribution in [1.29, 1.82) is 5.26 Å². The number of aromatic nitrogens is 1. The van der Waals surface area contributed by atoms with E-state index >= 15 is 0 Å². The molecule has 0 unspecified atom stereocenters. The lowest BCUT2D eigenvalue weighted by Gasteiger charge is -2.06. The van der Waals surface area contributed by atoms with Crippen molar-refractivity contribution in [2.24, 2.45) is 0 Å². The van der Waals surface area contributed by atoms with Crippen LogP contribution in [0.4, 0.5) is 5.69 Å². The van der Waals surface area contributed by atoms with Gasteiger partial charge in [0.15, 0.2) is 0 Å². The maximum Gasteiger partial charge on any atom is 0.266 e. The van der Waals surface area contributed by atoms with Gasteiger partial charge in [-0.05, 0) is 43.3 Å². The van der Waals surface area contributed by atoms with Gasteiger partial charge in [-0.3, -0.25) is 9.59 Å². The number of amides is 2. The molecule has 1 heterocycles. The van der Waals surface area contributed by atoms with E-state index < -0.39 is 5.91 Å². The molecule has 0 bridgehead atoms. The van der Waals surface area contributed by atoms with Gasteiger partial charge in [0.05, 0.1) is 13.2 Å². The smallest absolute Gasteiger partial charge is 0.266 e. The lowest BCUT2D eigenvalue weighted by molar-refractivity contribution is -0.121. The molecule has 0 aliphatic heterocycles. The summed E-state index contributed by atoms with van der Waals surface area (Å²) in [6, 6.07) is 16.4. The summed E-state index contributed by atoms with van der Waals surface area (Å²) in [7, 11) is 1.57. The first-order valence-corrected chi connectivity index (χ1v) is 10.5. The topological polar surface area (TPSA) is 105 Å². The van der Waals surface area contributed by atoms with Crippen LogP contribution in [-0.2, 0) is 20.9 Å². The molecule has 3 aromatic rings. The molecule has 33 heavy (non-hydrogen) atoms. The van der Waals surface area contributed by atoms with E-state index in [-0.39, 0.29) is 18.0 Å². The quantitative estimate of drug-likeness (QED) is 0.282. The van der Waals surface area contributed by atoms with E-state index in [1.807, 2.05) is 37.3 Å². The first kappa shape index (κ1) is 23.6. The average molecular weight is 447 g/mol. The lowest BCUT2D eigenvalue weighted by atomic mass is 10.1. The molecule has 0 saturated heterocycles. The molecule has 0 aliphatic rings. The molecule has 0 aliphatic carbocycles. The van der Waals surface area contributed by atoms with Crippen LogP contribution in [0.2, 0.25) is 0 Å². The second kappa shape index (κ2) is 11.5. The normalized spacial score (nSPS) is 11.1. The van der Waals surface area contributed by atoms with Crippen molar-refractivity contribution >= 4 is 34.5 Å². The number of ether oxygens (including phenoxy) is 2. The van der Waals surface area contributed by atoms with Crippen LogP contribution in [0.25, 0.3) is 17.0 Å². The summed E-state index contributed by atoms with van der Waals surface area (Å²) >= 11 is 0. The number of carbonyl (C=O) groups is 2. The Hall–Kier alpha value is -4.09. The van der Waals surface area contributed by atoms with Gasteiger partial charge < -0.3 is 24.7 Å². The Bertz CT molecular complexity index is 1190. The molecule has 2 aromatic carbocycles. The second-order valence-electron chi connectivity index (χ2n) is 7.15. The van der Waals surface area contributed by atoms with Crippen molar-refractivity contribution in [2.75, 3.05) is 32.2 Å². The van der Waals surface area contributed by atoms with Crippen LogP contribution in [0.5, 0.6) is 5.75 Å². The summed E-state index contributed by atoms with van der Waals surface area (Å²) in [6.45, 7) is 3.41. The fourth-order valence-corrected chi connectivity index (χ4v) is 3.33. The van der Waals surface area contributed by atoms with Crippen molar-refractivity contribution in [3.63, 3.8) is 0 Å². The number of fused-ring (bicyclic) bond motifs is 1.